The highest BCUT2D eigenvalue weighted by molar-refractivity contribution is 9.10. The van der Waals surface area contributed by atoms with E-state index >= 15 is 0 Å². The van der Waals surface area contributed by atoms with Gasteiger partial charge in [-0.15, -0.1) is 0 Å². The lowest BCUT2D eigenvalue weighted by atomic mass is 9.62. The number of anilines is 1. The van der Waals surface area contributed by atoms with Crippen LogP contribution in [0.4, 0.5) is 18.9 Å². The van der Waals surface area contributed by atoms with Crippen molar-refractivity contribution >= 4 is 33.5 Å². The van der Waals surface area contributed by atoms with Gasteiger partial charge in [-0.25, -0.2) is 0 Å². The molecule has 1 aromatic rings. The number of carbonyl (C=O) groups excluding carboxylic acids is 1. The Balaban J connectivity index is 2.04. The van der Waals surface area contributed by atoms with Crippen LogP contribution in [0.15, 0.2) is 28.7 Å². The lowest BCUT2D eigenvalue weighted by molar-refractivity contribution is -0.253. The number of unbranched alkanes of at least 4 members (excludes halogenated alkanes) is 2. The van der Waals surface area contributed by atoms with Gasteiger partial charge in [0.1, 0.15) is 0 Å². The average molecular weight is 450 g/mol. The van der Waals surface area contributed by atoms with Crippen molar-refractivity contribution < 1.29 is 27.9 Å². The average Bonchev–Trinajstić information content (AvgIpc) is 2.53. The molecule has 1 fully saturated rings. The van der Waals surface area contributed by atoms with Crippen LogP contribution in [0, 0.1) is 11.3 Å². The van der Waals surface area contributed by atoms with Crippen molar-refractivity contribution in [3.8, 4) is 0 Å². The van der Waals surface area contributed by atoms with Crippen LogP contribution in [0.25, 0.3) is 0 Å². The molecule has 0 bridgehead atoms. The standard InChI is InChI=1S/C19H23BrF3NO3/c1-18(19(21,22)23)11-13(12-18)17(27)24(9-4-2-3-8-16(25)26)15-7-5-6-14(20)10-15/h5-7,10,13H,2-4,8-9,11-12H2,1H3,(H,25,26). The number of alkyl halides is 3. The molecule has 1 aliphatic carbocycles. The summed E-state index contributed by atoms with van der Waals surface area (Å²) in [6, 6.07) is 7.09. The van der Waals surface area contributed by atoms with Gasteiger partial charge in [0.05, 0.1) is 5.41 Å². The van der Waals surface area contributed by atoms with Gasteiger partial charge in [0.25, 0.3) is 0 Å². The number of benzene rings is 1. The molecule has 2 rings (SSSR count). The monoisotopic (exact) mass is 449 g/mol. The second-order valence-electron chi connectivity index (χ2n) is 7.34. The van der Waals surface area contributed by atoms with Crippen LogP contribution in [0.2, 0.25) is 0 Å². The summed E-state index contributed by atoms with van der Waals surface area (Å²) in [6.07, 6.45) is -2.90. The minimum absolute atomic E-state index is 0.0669. The molecule has 27 heavy (non-hydrogen) atoms. The van der Waals surface area contributed by atoms with Gasteiger partial charge in [-0.05, 0) is 43.9 Å². The summed E-state index contributed by atoms with van der Waals surface area (Å²) in [4.78, 5) is 25.0. The SMILES string of the molecule is CC1(C(F)(F)F)CC(C(=O)N(CCCCCC(=O)O)c2cccc(Br)c2)C1. The minimum atomic E-state index is -4.30. The molecule has 4 nitrogen and oxygen atoms in total. The molecule has 1 saturated carbocycles. The maximum Gasteiger partial charge on any atom is 0.394 e. The summed E-state index contributed by atoms with van der Waals surface area (Å²) in [6.45, 7) is 1.51. The number of carboxylic acid groups (broad SMARTS) is 1. The molecule has 1 aliphatic rings. The summed E-state index contributed by atoms with van der Waals surface area (Å²) < 4.78 is 40.0. The fourth-order valence-electron chi connectivity index (χ4n) is 3.39. The van der Waals surface area contributed by atoms with Gasteiger partial charge in [0.15, 0.2) is 0 Å². The van der Waals surface area contributed by atoms with E-state index in [1.54, 1.807) is 18.2 Å². The van der Waals surface area contributed by atoms with Crippen molar-refractivity contribution in [2.45, 2.75) is 51.6 Å². The van der Waals surface area contributed by atoms with Gasteiger partial charge < -0.3 is 10.0 Å². The van der Waals surface area contributed by atoms with Gasteiger partial charge in [-0.1, -0.05) is 35.3 Å². The van der Waals surface area contributed by atoms with Gasteiger partial charge in [0.2, 0.25) is 5.91 Å². The van der Waals surface area contributed by atoms with Crippen molar-refractivity contribution in [3.63, 3.8) is 0 Å². The third-order valence-electron chi connectivity index (χ3n) is 5.09. The quantitative estimate of drug-likeness (QED) is 0.540. The number of carboxylic acids is 1. The summed E-state index contributed by atoms with van der Waals surface area (Å²) in [7, 11) is 0. The number of nitrogens with zero attached hydrogens (tertiary/aromatic N) is 1. The predicted molar refractivity (Wildman–Crippen MR) is 99.5 cm³/mol. The number of aliphatic carboxylic acids is 1. The lowest BCUT2D eigenvalue weighted by Gasteiger charge is -2.46. The zero-order valence-corrected chi connectivity index (χ0v) is 16.6. The van der Waals surface area contributed by atoms with E-state index in [4.69, 9.17) is 5.11 Å². The molecule has 1 aromatic carbocycles. The summed E-state index contributed by atoms with van der Waals surface area (Å²) in [5.41, 5.74) is -1.16. The Bertz CT molecular complexity index is 687. The first kappa shape index (κ1) is 21.7. The number of rotatable bonds is 8. The fourth-order valence-corrected chi connectivity index (χ4v) is 3.77. The Labute approximate surface area is 164 Å². The topological polar surface area (TPSA) is 57.6 Å². The first-order valence-corrected chi connectivity index (χ1v) is 9.68. The molecule has 0 aromatic heterocycles. The number of hydrogen-bond donors (Lipinski definition) is 1. The molecule has 0 saturated heterocycles. The molecule has 0 aliphatic heterocycles. The van der Waals surface area contributed by atoms with Crippen molar-refractivity contribution in [1.82, 2.24) is 0 Å². The Morgan fingerprint density at radius 1 is 1.26 bits per heavy atom. The smallest absolute Gasteiger partial charge is 0.394 e. The van der Waals surface area contributed by atoms with E-state index in [-0.39, 0.29) is 25.2 Å². The first-order chi connectivity index (χ1) is 12.5. The Morgan fingerprint density at radius 3 is 2.48 bits per heavy atom. The number of amides is 1. The number of hydrogen-bond acceptors (Lipinski definition) is 2. The lowest BCUT2D eigenvalue weighted by Crippen LogP contribution is -2.52. The van der Waals surface area contributed by atoms with E-state index in [9.17, 15) is 22.8 Å². The predicted octanol–water partition coefficient (Wildman–Crippen LogP) is 5.41. The largest absolute Gasteiger partial charge is 0.481 e. The molecule has 0 radical (unpaired) electrons. The zero-order valence-electron chi connectivity index (χ0n) is 15.1. The molecule has 0 atom stereocenters. The minimum Gasteiger partial charge on any atom is -0.481 e. The Morgan fingerprint density at radius 2 is 1.93 bits per heavy atom. The first-order valence-electron chi connectivity index (χ1n) is 8.89. The van der Waals surface area contributed by atoms with Crippen molar-refractivity contribution in [2.24, 2.45) is 11.3 Å². The number of carbonyl (C=O) groups is 2. The molecule has 150 valence electrons. The van der Waals surface area contributed by atoms with Crippen LogP contribution >= 0.6 is 15.9 Å². The van der Waals surface area contributed by atoms with Crippen molar-refractivity contribution in [3.05, 3.63) is 28.7 Å². The molecular formula is C19H23BrF3NO3. The highest BCUT2D eigenvalue weighted by Crippen LogP contribution is 2.56. The maximum atomic E-state index is 13.1. The molecule has 0 spiro atoms. The molecule has 1 N–H and O–H groups in total. The van der Waals surface area contributed by atoms with Gasteiger partial charge in [-0.3, -0.25) is 9.59 Å². The fraction of sp³-hybridized carbons (Fsp3) is 0.579. The molecule has 0 unspecified atom stereocenters. The second-order valence-corrected chi connectivity index (χ2v) is 8.25. The van der Waals surface area contributed by atoms with Crippen LogP contribution in [0.3, 0.4) is 0 Å². The Hall–Kier alpha value is -1.57. The highest BCUT2D eigenvalue weighted by Gasteiger charge is 2.60. The molecule has 1 amide bonds. The zero-order chi connectivity index (χ0) is 20.2. The van der Waals surface area contributed by atoms with E-state index in [1.165, 1.54) is 4.90 Å². The van der Waals surface area contributed by atoms with Gasteiger partial charge in [0, 0.05) is 29.0 Å². The highest BCUT2D eigenvalue weighted by atomic mass is 79.9. The number of halogens is 4. The maximum absolute atomic E-state index is 13.1. The summed E-state index contributed by atoms with van der Waals surface area (Å²) in [5.74, 6) is -1.81. The third kappa shape index (κ3) is 5.46. The van der Waals surface area contributed by atoms with Gasteiger partial charge >= 0.3 is 12.1 Å². The van der Waals surface area contributed by atoms with E-state index in [0.29, 0.717) is 31.5 Å². The second kappa shape index (κ2) is 8.63. The Kier molecular flexibility index (Phi) is 6.94. The van der Waals surface area contributed by atoms with Crippen LogP contribution in [-0.2, 0) is 9.59 Å². The molecular weight excluding hydrogens is 427 g/mol. The summed E-state index contributed by atoms with van der Waals surface area (Å²) in [5, 5.41) is 8.68. The van der Waals surface area contributed by atoms with Crippen molar-refractivity contribution in [1.29, 1.82) is 0 Å². The van der Waals surface area contributed by atoms with E-state index in [2.05, 4.69) is 15.9 Å². The van der Waals surface area contributed by atoms with Crippen LogP contribution in [-0.4, -0.2) is 29.7 Å². The summed E-state index contributed by atoms with van der Waals surface area (Å²) >= 11 is 3.35. The normalized spacial score (nSPS) is 22.2. The van der Waals surface area contributed by atoms with Crippen LogP contribution in [0.1, 0.15) is 45.4 Å². The third-order valence-corrected chi connectivity index (χ3v) is 5.58. The van der Waals surface area contributed by atoms with Crippen molar-refractivity contribution in [2.75, 3.05) is 11.4 Å². The van der Waals surface area contributed by atoms with E-state index < -0.39 is 23.5 Å². The van der Waals surface area contributed by atoms with Crippen LogP contribution in [0.5, 0.6) is 0 Å². The molecule has 8 heteroatoms. The van der Waals surface area contributed by atoms with E-state index in [0.717, 1.165) is 11.4 Å². The van der Waals surface area contributed by atoms with Gasteiger partial charge in [-0.2, -0.15) is 13.2 Å². The molecule has 0 heterocycles. The van der Waals surface area contributed by atoms with Crippen LogP contribution < -0.4 is 4.90 Å². The van der Waals surface area contributed by atoms with E-state index in [1.807, 2.05) is 6.07 Å².